The van der Waals surface area contributed by atoms with E-state index < -0.39 is 12.1 Å². The van der Waals surface area contributed by atoms with Gasteiger partial charge in [-0.25, -0.2) is 0 Å². The van der Waals surface area contributed by atoms with Crippen LogP contribution in [0.1, 0.15) is 296 Å². The Balaban J connectivity index is 3.47. The van der Waals surface area contributed by atoms with Crippen LogP contribution < -0.4 is 5.32 Å². The highest BCUT2D eigenvalue weighted by Gasteiger charge is 2.20. The molecule has 0 aromatic carbocycles. The number of unbranched alkanes of at least 4 members (excludes halogenated alkanes) is 37. The summed E-state index contributed by atoms with van der Waals surface area (Å²) in [5, 5.41) is 23.3. The summed E-state index contributed by atoms with van der Waals surface area (Å²) in [6.07, 6.45) is 57.6. The van der Waals surface area contributed by atoms with Gasteiger partial charge in [-0.15, -0.1) is 0 Å². The molecule has 0 aliphatic heterocycles. The number of carbonyl (C=O) groups excluding carboxylic acids is 2. The van der Waals surface area contributed by atoms with Gasteiger partial charge in [-0.2, -0.15) is 0 Å². The summed E-state index contributed by atoms with van der Waals surface area (Å²) in [6, 6.07) is -0.558. The van der Waals surface area contributed by atoms with Crippen molar-refractivity contribution in [1.82, 2.24) is 5.32 Å². The molecule has 1 amide bonds. The maximum atomic E-state index is 12.5. The van der Waals surface area contributed by atoms with Gasteiger partial charge in [0.25, 0.3) is 0 Å². The molecule has 0 spiro atoms. The summed E-state index contributed by atoms with van der Waals surface area (Å²) in [7, 11) is 0. The number of ether oxygens (including phenoxy) is 1. The summed E-state index contributed by atoms with van der Waals surface area (Å²) in [5.41, 5.74) is 0. The predicted molar refractivity (Wildman–Crippen MR) is 260 cm³/mol. The van der Waals surface area contributed by atoms with Crippen LogP contribution in [-0.2, 0) is 14.3 Å². The van der Waals surface area contributed by atoms with E-state index in [1.807, 2.05) is 0 Å². The number of nitrogens with one attached hydrogen (secondary N) is 1. The SMILES string of the molecule is CCCC/C=C\CCCCCCCC(=O)OCCCCCCCCCCCCC(=O)NC(CO)C(O)CCCCCCCCCCCCCCCCCCCCCCCC. The molecule has 0 aromatic rings. The molecule has 6 nitrogen and oxygen atoms in total. The minimum absolute atomic E-state index is 0.0290. The first-order valence-corrected chi connectivity index (χ1v) is 26.9. The maximum absolute atomic E-state index is 12.5. The molecular formula is C54H105NO5. The third-order valence-electron chi connectivity index (χ3n) is 12.6. The average Bonchev–Trinajstić information content (AvgIpc) is 3.25. The Bertz CT molecular complexity index is 893. The third-order valence-corrected chi connectivity index (χ3v) is 12.6. The molecule has 0 heterocycles. The third kappa shape index (κ3) is 46.1. The fraction of sp³-hybridized carbons (Fsp3) is 0.926. The van der Waals surface area contributed by atoms with E-state index in [1.165, 1.54) is 205 Å². The molecule has 2 atom stereocenters. The van der Waals surface area contributed by atoms with Crippen molar-refractivity contribution in [3.63, 3.8) is 0 Å². The molecule has 6 heteroatoms. The number of hydrogen-bond donors (Lipinski definition) is 3. The first-order valence-electron chi connectivity index (χ1n) is 26.9. The van der Waals surface area contributed by atoms with Crippen LogP contribution in [0.5, 0.6) is 0 Å². The Hall–Kier alpha value is -1.40. The number of rotatable bonds is 50. The van der Waals surface area contributed by atoms with Gasteiger partial charge >= 0.3 is 5.97 Å². The summed E-state index contributed by atoms with van der Waals surface area (Å²) in [5.74, 6) is -0.0846. The minimum Gasteiger partial charge on any atom is -0.466 e. The monoisotopic (exact) mass is 848 g/mol. The molecular weight excluding hydrogens is 743 g/mol. The van der Waals surface area contributed by atoms with Gasteiger partial charge in [-0.3, -0.25) is 9.59 Å². The van der Waals surface area contributed by atoms with E-state index in [0.717, 1.165) is 57.8 Å². The molecule has 2 unspecified atom stereocenters. The lowest BCUT2D eigenvalue weighted by atomic mass is 10.0. The summed E-state index contributed by atoms with van der Waals surface area (Å²) < 4.78 is 5.43. The molecule has 0 aliphatic carbocycles. The van der Waals surface area contributed by atoms with E-state index in [-0.39, 0.29) is 18.5 Å². The van der Waals surface area contributed by atoms with E-state index in [1.54, 1.807) is 0 Å². The van der Waals surface area contributed by atoms with Crippen LogP contribution in [0.3, 0.4) is 0 Å². The van der Waals surface area contributed by atoms with Crippen molar-refractivity contribution in [2.24, 2.45) is 0 Å². The van der Waals surface area contributed by atoms with Crippen LogP contribution in [0.4, 0.5) is 0 Å². The molecule has 0 saturated carbocycles. The topological polar surface area (TPSA) is 95.9 Å². The van der Waals surface area contributed by atoms with Crippen molar-refractivity contribution >= 4 is 11.9 Å². The van der Waals surface area contributed by atoms with Crippen molar-refractivity contribution in [1.29, 1.82) is 0 Å². The summed E-state index contributed by atoms with van der Waals surface area (Å²) in [6.45, 7) is 4.88. The van der Waals surface area contributed by atoms with Crippen molar-refractivity contribution in [3.05, 3.63) is 12.2 Å². The Morgan fingerprint density at radius 2 is 0.800 bits per heavy atom. The van der Waals surface area contributed by atoms with Gasteiger partial charge in [-0.1, -0.05) is 251 Å². The van der Waals surface area contributed by atoms with Crippen LogP contribution >= 0.6 is 0 Å². The van der Waals surface area contributed by atoms with Gasteiger partial charge in [0.2, 0.25) is 5.91 Å². The van der Waals surface area contributed by atoms with E-state index >= 15 is 0 Å². The van der Waals surface area contributed by atoms with Gasteiger partial charge in [0.1, 0.15) is 0 Å². The molecule has 0 fully saturated rings. The number of allylic oxidation sites excluding steroid dienone is 2. The number of amides is 1. The molecule has 3 N–H and O–H groups in total. The predicted octanol–water partition coefficient (Wildman–Crippen LogP) is 16.1. The fourth-order valence-corrected chi connectivity index (χ4v) is 8.39. The molecule has 0 saturated heterocycles. The molecule has 356 valence electrons. The normalized spacial score (nSPS) is 12.7. The van der Waals surface area contributed by atoms with E-state index in [9.17, 15) is 19.8 Å². The number of esters is 1. The molecule has 0 bridgehead atoms. The second kappa shape index (κ2) is 50.2. The van der Waals surface area contributed by atoms with Gasteiger partial charge < -0.3 is 20.3 Å². The number of carbonyl (C=O) groups is 2. The standard InChI is InChI=1S/C54H105NO5/c1-3-5-7-9-11-13-15-16-17-18-19-20-21-22-23-24-25-27-30-34-38-42-46-52(57)51(50-56)55-53(58)47-43-39-35-31-28-29-33-37-41-45-49-60-54(59)48-44-40-36-32-26-14-12-10-8-6-4-2/h10,12,51-52,56-57H,3-9,11,13-50H2,1-2H3,(H,55,58)/b12-10-. The molecule has 0 radical (unpaired) electrons. The van der Waals surface area contributed by atoms with E-state index in [0.29, 0.717) is 25.9 Å². The Labute approximate surface area is 374 Å². The minimum atomic E-state index is -0.679. The molecule has 0 rings (SSSR count). The second-order valence-corrected chi connectivity index (χ2v) is 18.6. The molecule has 0 aromatic heterocycles. The maximum Gasteiger partial charge on any atom is 0.305 e. The Morgan fingerprint density at radius 1 is 0.450 bits per heavy atom. The van der Waals surface area contributed by atoms with Gasteiger partial charge in [0.05, 0.1) is 25.4 Å². The zero-order valence-electron chi connectivity index (χ0n) is 40.5. The number of aliphatic hydroxyl groups excluding tert-OH is 2. The second-order valence-electron chi connectivity index (χ2n) is 18.6. The van der Waals surface area contributed by atoms with Gasteiger partial charge in [0.15, 0.2) is 0 Å². The van der Waals surface area contributed by atoms with Crippen LogP contribution in [0.25, 0.3) is 0 Å². The first kappa shape index (κ1) is 58.6. The van der Waals surface area contributed by atoms with Crippen LogP contribution in [-0.4, -0.2) is 47.4 Å². The average molecular weight is 848 g/mol. The van der Waals surface area contributed by atoms with Crippen LogP contribution in [0, 0.1) is 0 Å². The lowest BCUT2D eigenvalue weighted by Gasteiger charge is -2.22. The highest BCUT2D eigenvalue weighted by molar-refractivity contribution is 5.76. The molecule has 60 heavy (non-hydrogen) atoms. The first-order chi connectivity index (χ1) is 29.5. The largest absolute Gasteiger partial charge is 0.466 e. The lowest BCUT2D eigenvalue weighted by molar-refractivity contribution is -0.143. The van der Waals surface area contributed by atoms with E-state index in [2.05, 4.69) is 31.3 Å². The number of hydrogen-bond acceptors (Lipinski definition) is 5. The van der Waals surface area contributed by atoms with Gasteiger partial charge in [0, 0.05) is 12.8 Å². The quantitative estimate of drug-likeness (QED) is 0.0322. The van der Waals surface area contributed by atoms with Crippen molar-refractivity contribution in [2.75, 3.05) is 13.2 Å². The van der Waals surface area contributed by atoms with Crippen LogP contribution in [0.2, 0.25) is 0 Å². The van der Waals surface area contributed by atoms with Crippen molar-refractivity contribution in [2.45, 2.75) is 309 Å². The Kier molecular flexibility index (Phi) is 49.1. The number of aliphatic hydroxyl groups is 2. The zero-order valence-corrected chi connectivity index (χ0v) is 40.5. The van der Waals surface area contributed by atoms with Crippen LogP contribution in [0.15, 0.2) is 12.2 Å². The zero-order chi connectivity index (χ0) is 43.7. The van der Waals surface area contributed by atoms with Crippen molar-refractivity contribution < 1.29 is 24.5 Å². The Morgan fingerprint density at radius 3 is 1.23 bits per heavy atom. The highest BCUT2D eigenvalue weighted by atomic mass is 16.5. The van der Waals surface area contributed by atoms with Gasteiger partial charge in [-0.05, 0) is 44.9 Å². The van der Waals surface area contributed by atoms with E-state index in [4.69, 9.17) is 4.74 Å². The summed E-state index contributed by atoms with van der Waals surface area (Å²) >= 11 is 0. The smallest absolute Gasteiger partial charge is 0.305 e. The summed E-state index contributed by atoms with van der Waals surface area (Å²) in [4.78, 5) is 24.5. The fourth-order valence-electron chi connectivity index (χ4n) is 8.39. The lowest BCUT2D eigenvalue weighted by Crippen LogP contribution is -2.45. The molecule has 0 aliphatic rings. The van der Waals surface area contributed by atoms with Crippen molar-refractivity contribution in [3.8, 4) is 0 Å². The highest BCUT2D eigenvalue weighted by Crippen LogP contribution is 2.17.